The molecular weight excluding hydrogens is 408 g/mol. The fraction of sp³-hybridized carbons (Fsp3) is 0.381. The number of methoxy groups -OCH3 is 3. The summed E-state index contributed by atoms with van der Waals surface area (Å²) in [5.41, 5.74) is 1.69. The highest BCUT2D eigenvalue weighted by atomic mass is 32.2. The number of carbonyl (C=O) groups excluding carboxylic acids is 1. The molecule has 1 N–H and O–H groups in total. The van der Waals surface area contributed by atoms with Crippen LogP contribution in [0.3, 0.4) is 0 Å². The molecule has 0 spiro atoms. The van der Waals surface area contributed by atoms with Crippen LogP contribution in [0.2, 0.25) is 0 Å². The first kappa shape index (κ1) is 23.7. The van der Waals surface area contributed by atoms with Crippen molar-refractivity contribution in [3.05, 3.63) is 59.7 Å². The number of benzene rings is 2. The second-order valence-corrected chi connectivity index (χ2v) is 8.62. The molecule has 0 aliphatic heterocycles. The molecule has 8 nitrogen and oxygen atoms in total. The summed E-state index contributed by atoms with van der Waals surface area (Å²) in [5.74, 6) is 0.822. The normalized spacial score (nSPS) is 11.3. The van der Waals surface area contributed by atoms with E-state index in [9.17, 15) is 13.2 Å². The van der Waals surface area contributed by atoms with E-state index >= 15 is 0 Å². The highest BCUT2D eigenvalue weighted by molar-refractivity contribution is 7.89. The Bertz CT molecular complexity index is 849. The minimum absolute atomic E-state index is 0.0387. The largest absolute Gasteiger partial charge is 0.497 e. The average Bonchev–Trinajstić information content (AvgIpc) is 2.77. The van der Waals surface area contributed by atoms with Crippen LogP contribution in [-0.4, -0.2) is 58.9 Å². The van der Waals surface area contributed by atoms with Gasteiger partial charge in [-0.25, -0.2) is 8.42 Å². The number of ether oxygens (including phenoxy) is 3. The van der Waals surface area contributed by atoms with Crippen molar-refractivity contribution in [3.8, 4) is 11.5 Å². The van der Waals surface area contributed by atoms with Gasteiger partial charge in [-0.15, -0.1) is 0 Å². The number of rotatable bonds is 12. The van der Waals surface area contributed by atoms with Crippen molar-refractivity contribution >= 4 is 16.0 Å². The van der Waals surface area contributed by atoms with Crippen LogP contribution in [0.15, 0.2) is 48.5 Å². The second kappa shape index (κ2) is 11.5. The Labute approximate surface area is 177 Å². The molecule has 0 saturated heterocycles. The van der Waals surface area contributed by atoms with Gasteiger partial charge in [-0.3, -0.25) is 4.79 Å². The van der Waals surface area contributed by atoms with Crippen LogP contribution in [0.4, 0.5) is 0 Å². The van der Waals surface area contributed by atoms with Crippen molar-refractivity contribution in [1.82, 2.24) is 9.62 Å². The van der Waals surface area contributed by atoms with Crippen LogP contribution in [0.25, 0.3) is 0 Å². The van der Waals surface area contributed by atoms with Crippen molar-refractivity contribution < 1.29 is 27.4 Å². The van der Waals surface area contributed by atoms with Gasteiger partial charge in [0, 0.05) is 19.6 Å². The van der Waals surface area contributed by atoms with Gasteiger partial charge in [0.25, 0.3) is 0 Å². The monoisotopic (exact) mass is 436 g/mol. The Kier molecular flexibility index (Phi) is 9.10. The Morgan fingerprint density at radius 2 is 1.33 bits per heavy atom. The van der Waals surface area contributed by atoms with Crippen molar-refractivity contribution in [2.24, 2.45) is 0 Å². The molecule has 0 bridgehead atoms. The first-order valence-corrected chi connectivity index (χ1v) is 11.0. The molecule has 0 unspecified atom stereocenters. The van der Waals surface area contributed by atoms with Gasteiger partial charge in [-0.05, 0) is 35.4 Å². The first-order chi connectivity index (χ1) is 14.4. The fourth-order valence-corrected chi connectivity index (χ4v) is 4.07. The zero-order chi connectivity index (χ0) is 22.0. The lowest BCUT2D eigenvalue weighted by atomic mass is 10.2. The lowest BCUT2D eigenvalue weighted by molar-refractivity contribution is -0.139. The van der Waals surface area contributed by atoms with Crippen LogP contribution in [0, 0.1) is 0 Å². The predicted molar refractivity (Wildman–Crippen MR) is 114 cm³/mol. The molecule has 2 aromatic rings. The summed E-state index contributed by atoms with van der Waals surface area (Å²) in [6.07, 6.45) is 0. The topological polar surface area (TPSA) is 94.2 Å². The van der Waals surface area contributed by atoms with Gasteiger partial charge in [0.2, 0.25) is 10.0 Å². The molecule has 0 aliphatic rings. The second-order valence-electron chi connectivity index (χ2n) is 6.53. The fourth-order valence-electron chi connectivity index (χ4n) is 2.71. The summed E-state index contributed by atoms with van der Waals surface area (Å²) < 4.78 is 42.3. The molecule has 0 saturated carbocycles. The summed E-state index contributed by atoms with van der Waals surface area (Å²) in [7, 11) is 0.846. The maximum absolute atomic E-state index is 13.0. The van der Waals surface area contributed by atoms with Crippen molar-refractivity contribution in [3.63, 3.8) is 0 Å². The van der Waals surface area contributed by atoms with E-state index in [1.165, 1.54) is 11.4 Å². The predicted octanol–water partition coefficient (Wildman–Crippen LogP) is 1.80. The van der Waals surface area contributed by atoms with Gasteiger partial charge < -0.3 is 19.5 Å². The van der Waals surface area contributed by atoms with Gasteiger partial charge in [0.1, 0.15) is 11.5 Å². The van der Waals surface area contributed by atoms with Crippen molar-refractivity contribution in [2.45, 2.75) is 13.1 Å². The molecule has 0 heterocycles. The molecule has 0 aromatic heterocycles. The Morgan fingerprint density at radius 1 is 0.867 bits per heavy atom. The lowest BCUT2D eigenvalue weighted by Gasteiger charge is -2.23. The Balaban J connectivity index is 2.14. The van der Waals surface area contributed by atoms with Crippen LogP contribution >= 0.6 is 0 Å². The highest BCUT2D eigenvalue weighted by Gasteiger charge is 2.22. The number of hydrogen-bond donors (Lipinski definition) is 1. The molecule has 2 rings (SSSR count). The molecule has 0 amide bonds. The summed E-state index contributed by atoms with van der Waals surface area (Å²) in [6, 6.07) is 14.5. The van der Waals surface area contributed by atoms with Crippen LogP contribution < -0.4 is 14.8 Å². The Hall–Kier alpha value is -2.62. The minimum Gasteiger partial charge on any atom is -0.497 e. The summed E-state index contributed by atoms with van der Waals surface area (Å²) in [4.78, 5) is 11.2. The van der Waals surface area contributed by atoms with E-state index in [0.29, 0.717) is 11.5 Å². The first-order valence-electron chi connectivity index (χ1n) is 9.39. The molecule has 0 aliphatic carbocycles. The maximum atomic E-state index is 13.0. The highest BCUT2D eigenvalue weighted by Crippen LogP contribution is 2.19. The zero-order valence-electron chi connectivity index (χ0n) is 17.5. The summed E-state index contributed by atoms with van der Waals surface area (Å²) in [6.45, 7) is 0.535. The van der Waals surface area contributed by atoms with E-state index in [0.717, 1.165) is 11.1 Å². The smallest absolute Gasteiger partial charge is 0.319 e. The number of sulfonamides is 1. The van der Waals surface area contributed by atoms with Gasteiger partial charge >= 0.3 is 5.97 Å². The van der Waals surface area contributed by atoms with Crippen LogP contribution in [0.1, 0.15) is 11.1 Å². The molecular formula is C21H28N2O6S. The van der Waals surface area contributed by atoms with Gasteiger partial charge in [-0.2, -0.15) is 4.31 Å². The maximum Gasteiger partial charge on any atom is 0.319 e. The van der Waals surface area contributed by atoms with Gasteiger partial charge in [0.15, 0.2) is 0 Å². The number of hydrogen-bond acceptors (Lipinski definition) is 7. The van der Waals surface area contributed by atoms with Crippen LogP contribution in [-0.2, 0) is 32.6 Å². The quantitative estimate of drug-likeness (QED) is 0.400. The van der Waals surface area contributed by atoms with E-state index in [2.05, 4.69) is 10.1 Å². The number of esters is 1. The third-order valence-corrected chi connectivity index (χ3v) is 6.23. The molecule has 9 heteroatoms. The van der Waals surface area contributed by atoms with E-state index in [4.69, 9.17) is 9.47 Å². The molecule has 2 aromatic carbocycles. The zero-order valence-corrected chi connectivity index (χ0v) is 18.3. The summed E-state index contributed by atoms with van der Waals surface area (Å²) >= 11 is 0. The third-order valence-electron chi connectivity index (χ3n) is 4.46. The van der Waals surface area contributed by atoms with Gasteiger partial charge in [0.05, 0.1) is 33.6 Å². The summed E-state index contributed by atoms with van der Waals surface area (Å²) in [5, 5.41) is 2.79. The molecule has 30 heavy (non-hydrogen) atoms. The van der Waals surface area contributed by atoms with E-state index in [1.54, 1.807) is 38.5 Å². The molecule has 164 valence electrons. The van der Waals surface area contributed by atoms with E-state index in [-0.39, 0.29) is 31.9 Å². The number of nitrogens with one attached hydrogen (secondary N) is 1. The molecule has 0 radical (unpaired) electrons. The van der Waals surface area contributed by atoms with Crippen LogP contribution in [0.5, 0.6) is 11.5 Å². The number of nitrogens with zero attached hydrogens (tertiary/aromatic N) is 1. The van der Waals surface area contributed by atoms with Crippen molar-refractivity contribution in [1.29, 1.82) is 0 Å². The SMILES string of the molecule is COC(=O)CNCCS(=O)(=O)N(Cc1ccc(OC)cc1)Cc1ccc(OC)cc1. The Morgan fingerprint density at radius 3 is 1.73 bits per heavy atom. The minimum atomic E-state index is -3.60. The van der Waals surface area contributed by atoms with Crippen molar-refractivity contribution in [2.75, 3.05) is 40.2 Å². The van der Waals surface area contributed by atoms with E-state index < -0.39 is 16.0 Å². The average molecular weight is 437 g/mol. The number of carbonyl (C=O) groups is 1. The lowest BCUT2D eigenvalue weighted by Crippen LogP contribution is -2.37. The molecule has 0 atom stereocenters. The standard InChI is InChI=1S/C21H28N2O6S/c1-27-19-8-4-17(5-9-19)15-23(16-18-6-10-20(28-2)11-7-18)30(25,26)13-12-22-14-21(24)29-3/h4-11,22H,12-16H2,1-3H3. The molecule has 0 fully saturated rings. The van der Waals surface area contributed by atoms with E-state index in [1.807, 2.05) is 24.3 Å². The third kappa shape index (κ3) is 7.33. The van der Waals surface area contributed by atoms with Gasteiger partial charge in [-0.1, -0.05) is 24.3 Å².